The van der Waals surface area contributed by atoms with Crippen molar-refractivity contribution in [2.75, 3.05) is 13.7 Å². The molecule has 0 saturated carbocycles. The van der Waals surface area contributed by atoms with E-state index in [1.54, 1.807) is 19.5 Å². The summed E-state index contributed by atoms with van der Waals surface area (Å²) in [4.78, 5) is 18.6. The summed E-state index contributed by atoms with van der Waals surface area (Å²) in [6.07, 6.45) is 3.19. The number of nitrogens with one attached hydrogen (secondary N) is 2. The number of carbonyl (C=O) groups is 1. The first-order valence-electron chi connectivity index (χ1n) is 6.45. The Morgan fingerprint density at radius 3 is 2.60 bits per heavy atom. The first kappa shape index (κ1) is 14.1. The van der Waals surface area contributed by atoms with Crippen LogP contribution in [0.3, 0.4) is 0 Å². The predicted molar refractivity (Wildman–Crippen MR) is 76.9 cm³/mol. The Balaban J connectivity index is 2.01. The topological polar surface area (TPSA) is 67.0 Å². The van der Waals surface area contributed by atoms with Crippen LogP contribution in [0.2, 0.25) is 0 Å². The number of hydrogen-bond donors (Lipinski definition) is 2. The summed E-state index contributed by atoms with van der Waals surface area (Å²) in [5.41, 5.74) is 0.965. The quantitative estimate of drug-likeness (QED) is 0.877. The van der Waals surface area contributed by atoms with Crippen molar-refractivity contribution in [3.8, 4) is 5.75 Å². The number of benzene rings is 1. The molecule has 0 bridgehead atoms. The molecular formula is C15H19N3O2. The summed E-state index contributed by atoms with van der Waals surface area (Å²) in [5, 5.41) is 2.89. The SMILES string of the molecule is COc1ccc(C(C)(C)CNC(=O)c2ncc[nH]2)cc1. The Kier molecular flexibility index (Phi) is 4.08. The van der Waals surface area contributed by atoms with Gasteiger partial charge in [0, 0.05) is 24.4 Å². The molecule has 1 heterocycles. The number of amides is 1. The minimum absolute atomic E-state index is 0.172. The Labute approximate surface area is 118 Å². The van der Waals surface area contributed by atoms with Crippen LogP contribution < -0.4 is 10.1 Å². The molecule has 0 spiro atoms. The van der Waals surface area contributed by atoms with Gasteiger partial charge in [-0.15, -0.1) is 0 Å². The second-order valence-electron chi connectivity index (χ2n) is 5.23. The fourth-order valence-corrected chi connectivity index (χ4v) is 1.92. The average Bonchev–Trinajstić information content (AvgIpc) is 2.99. The highest BCUT2D eigenvalue weighted by Gasteiger charge is 2.22. The Bertz CT molecular complexity index is 559. The molecule has 0 radical (unpaired) electrons. The highest BCUT2D eigenvalue weighted by Crippen LogP contribution is 2.24. The largest absolute Gasteiger partial charge is 0.497 e. The van der Waals surface area contributed by atoms with E-state index in [0.717, 1.165) is 11.3 Å². The summed E-state index contributed by atoms with van der Waals surface area (Å²) >= 11 is 0. The third-order valence-electron chi connectivity index (χ3n) is 3.28. The third kappa shape index (κ3) is 3.17. The highest BCUT2D eigenvalue weighted by molar-refractivity contribution is 5.90. The lowest BCUT2D eigenvalue weighted by Gasteiger charge is -2.25. The number of aromatic nitrogens is 2. The van der Waals surface area contributed by atoms with Crippen LogP contribution >= 0.6 is 0 Å². The number of rotatable bonds is 5. The molecule has 20 heavy (non-hydrogen) atoms. The molecule has 0 aliphatic carbocycles. The van der Waals surface area contributed by atoms with Gasteiger partial charge in [0.05, 0.1) is 7.11 Å². The number of H-pyrrole nitrogens is 1. The number of carbonyl (C=O) groups excluding carboxylic acids is 1. The maximum Gasteiger partial charge on any atom is 0.287 e. The van der Waals surface area contributed by atoms with Gasteiger partial charge in [-0.05, 0) is 17.7 Å². The molecule has 5 heteroatoms. The number of nitrogens with zero attached hydrogens (tertiary/aromatic N) is 1. The molecule has 1 aromatic heterocycles. The zero-order valence-electron chi connectivity index (χ0n) is 11.9. The normalized spacial score (nSPS) is 11.2. The van der Waals surface area contributed by atoms with E-state index in [0.29, 0.717) is 12.4 Å². The molecule has 0 saturated heterocycles. The van der Waals surface area contributed by atoms with Crippen LogP contribution in [0.25, 0.3) is 0 Å². The van der Waals surface area contributed by atoms with Crippen molar-refractivity contribution in [2.45, 2.75) is 19.3 Å². The first-order valence-corrected chi connectivity index (χ1v) is 6.45. The van der Waals surface area contributed by atoms with Gasteiger partial charge in [-0.2, -0.15) is 0 Å². The fourth-order valence-electron chi connectivity index (χ4n) is 1.92. The van der Waals surface area contributed by atoms with Crippen molar-refractivity contribution in [3.05, 3.63) is 48.0 Å². The molecule has 1 amide bonds. The summed E-state index contributed by atoms with van der Waals surface area (Å²) in [7, 11) is 1.64. The van der Waals surface area contributed by atoms with Crippen LogP contribution in [0.15, 0.2) is 36.7 Å². The van der Waals surface area contributed by atoms with Crippen molar-refractivity contribution in [1.29, 1.82) is 0 Å². The Morgan fingerprint density at radius 1 is 1.35 bits per heavy atom. The van der Waals surface area contributed by atoms with E-state index in [2.05, 4.69) is 29.1 Å². The standard InChI is InChI=1S/C15H19N3O2/c1-15(2,11-4-6-12(20-3)7-5-11)10-18-14(19)13-16-8-9-17-13/h4-9H,10H2,1-3H3,(H,16,17)(H,18,19). The molecule has 0 unspecified atom stereocenters. The summed E-state index contributed by atoms with van der Waals surface area (Å²) in [6.45, 7) is 4.69. The van der Waals surface area contributed by atoms with Gasteiger partial charge < -0.3 is 15.0 Å². The lowest BCUT2D eigenvalue weighted by molar-refractivity contribution is 0.0936. The van der Waals surface area contributed by atoms with E-state index in [-0.39, 0.29) is 11.3 Å². The molecule has 0 aliphatic rings. The van der Waals surface area contributed by atoms with E-state index in [9.17, 15) is 4.79 Å². The summed E-state index contributed by atoms with van der Waals surface area (Å²) < 4.78 is 5.15. The molecule has 106 valence electrons. The number of ether oxygens (including phenoxy) is 1. The molecule has 1 aromatic carbocycles. The van der Waals surface area contributed by atoms with Crippen LogP contribution in [0.5, 0.6) is 5.75 Å². The molecule has 0 aliphatic heterocycles. The smallest absolute Gasteiger partial charge is 0.287 e. The summed E-state index contributed by atoms with van der Waals surface area (Å²) in [5.74, 6) is 0.955. The predicted octanol–water partition coefficient (Wildman–Crippen LogP) is 2.13. The maximum absolute atomic E-state index is 11.9. The number of imidazole rings is 1. The second kappa shape index (κ2) is 5.77. The minimum atomic E-state index is -0.198. The van der Waals surface area contributed by atoms with E-state index >= 15 is 0 Å². The molecule has 2 aromatic rings. The molecule has 0 atom stereocenters. The van der Waals surface area contributed by atoms with Crippen molar-refractivity contribution in [1.82, 2.24) is 15.3 Å². The molecular weight excluding hydrogens is 254 g/mol. The van der Waals surface area contributed by atoms with Gasteiger partial charge >= 0.3 is 0 Å². The van der Waals surface area contributed by atoms with Crippen molar-refractivity contribution in [3.63, 3.8) is 0 Å². The average molecular weight is 273 g/mol. The Morgan fingerprint density at radius 2 is 2.05 bits per heavy atom. The second-order valence-corrected chi connectivity index (χ2v) is 5.23. The molecule has 2 rings (SSSR count). The van der Waals surface area contributed by atoms with E-state index < -0.39 is 0 Å². The van der Waals surface area contributed by atoms with Gasteiger partial charge in [0.25, 0.3) is 5.91 Å². The van der Waals surface area contributed by atoms with Crippen LogP contribution in [-0.2, 0) is 5.41 Å². The maximum atomic E-state index is 11.9. The number of methoxy groups -OCH3 is 1. The third-order valence-corrected chi connectivity index (χ3v) is 3.28. The zero-order chi connectivity index (χ0) is 14.6. The van der Waals surface area contributed by atoms with Gasteiger partial charge in [-0.1, -0.05) is 26.0 Å². The van der Waals surface area contributed by atoms with Crippen LogP contribution in [0.1, 0.15) is 30.0 Å². The number of aromatic amines is 1. The van der Waals surface area contributed by atoms with Gasteiger partial charge in [-0.3, -0.25) is 4.79 Å². The van der Waals surface area contributed by atoms with Crippen molar-refractivity contribution >= 4 is 5.91 Å². The van der Waals surface area contributed by atoms with Crippen LogP contribution in [0.4, 0.5) is 0 Å². The minimum Gasteiger partial charge on any atom is -0.497 e. The van der Waals surface area contributed by atoms with Crippen LogP contribution in [0, 0.1) is 0 Å². The fraction of sp³-hybridized carbons (Fsp3) is 0.333. The molecule has 0 fully saturated rings. The Hall–Kier alpha value is -2.30. The molecule has 2 N–H and O–H groups in total. The van der Waals surface area contributed by atoms with E-state index in [1.807, 2.05) is 24.3 Å². The van der Waals surface area contributed by atoms with Crippen LogP contribution in [-0.4, -0.2) is 29.5 Å². The summed E-state index contributed by atoms with van der Waals surface area (Å²) in [6, 6.07) is 7.87. The number of hydrogen-bond acceptors (Lipinski definition) is 3. The van der Waals surface area contributed by atoms with Gasteiger partial charge in [0.2, 0.25) is 0 Å². The van der Waals surface area contributed by atoms with Gasteiger partial charge in [0.15, 0.2) is 5.82 Å². The lowest BCUT2D eigenvalue weighted by atomic mass is 9.84. The first-order chi connectivity index (χ1) is 9.53. The molecule has 5 nitrogen and oxygen atoms in total. The zero-order valence-corrected chi connectivity index (χ0v) is 11.9. The van der Waals surface area contributed by atoms with Gasteiger partial charge in [0.1, 0.15) is 5.75 Å². The monoisotopic (exact) mass is 273 g/mol. The lowest BCUT2D eigenvalue weighted by Crippen LogP contribution is -2.37. The van der Waals surface area contributed by atoms with E-state index in [4.69, 9.17) is 4.74 Å². The van der Waals surface area contributed by atoms with Crippen molar-refractivity contribution < 1.29 is 9.53 Å². The van der Waals surface area contributed by atoms with Gasteiger partial charge in [-0.25, -0.2) is 4.98 Å². The van der Waals surface area contributed by atoms with Crippen molar-refractivity contribution in [2.24, 2.45) is 0 Å². The van der Waals surface area contributed by atoms with E-state index in [1.165, 1.54) is 0 Å². The highest BCUT2D eigenvalue weighted by atomic mass is 16.5.